The Hall–Kier alpha value is -2.15. The molecule has 1 rings (SSSR count). The Bertz CT molecular complexity index is 450. The van der Waals surface area contributed by atoms with Crippen molar-refractivity contribution >= 4 is 17.6 Å². The quantitative estimate of drug-likeness (QED) is 0.536. The van der Waals surface area contributed by atoms with E-state index in [0.717, 1.165) is 6.07 Å². The summed E-state index contributed by atoms with van der Waals surface area (Å²) in [4.78, 5) is 21.8. The predicted molar refractivity (Wildman–Crippen MR) is 56.8 cm³/mol. The highest BCUT2D eigenvalue weighted by molar-refractivity contribution is 5.99. The lowest BCUT2D eigenvalue weighted by Gasteiger charge is -2.09. The summed E-state index contributed by atoms with van der Waals surface area (Å²) in [5.41, 5.74) is 4.90. The zero-order valence-corrected chi connectivity index (χ0v) is 8.68. The molecule has 0 aliphatic carbocycles. The van der Waals surface area contributed by atoms with E-state index >= 15 is 0 Å². The minimum absolute atomic E-state index is 0.109. The van der Waals surface area contributed by atoms with Gasteiger partial charge in [-0.25, -0.2) is 9.18 Å². The van der Waals surface area contributed by atoms with Crippen molar-refractivity contribution in [3.8, 4) is 0 Å². The van der Waals surface area contributed by atoms with Crippen molar-refractivity contribution in [3.05, 3.63) is 29.6 Å². The number of carboxylic acid groups (broad SMARTS) is 1. The van der Waals surface area contributed by atoms with Gasteiger partial charge in [0.1, 0.15) is 5.82 Å². The van der Waals surface area contributed by atoms with E-state index in [1.807, 2.05) is 0 Å². The number of hydrogen-bond donors (Lipinski definition) is 4. The number of nitrogen functional groups attached to an aromatic ring is 1. The Kier molecular flexibility index (Phi) is 4.00. The summed E-state index contributed by atoms with van der Waals surface area (Å²) < 4.78 is 13.0. The van der Waals surface area contributed by atoms with Crippen molar-refractivity contribution < 1.29 is 24.2 Å². The van der Waals surface area contributed by atoms with Crippen LogP contribution in [0.4, 0.5) is 10.1 Å². The monoisotopic (exact) mass is 242 g/mol. The van der Waals surface area contributed by atoms with Gasteiger partial charge in [-0.3, -0.25) is 4.79 Å². The van der Waals surface area contributed by atoms with E-state index in [1.54, 1.807) is 0 Å². The number of aliphatic hydroxyl groups is 1. The molecule has 0 saturated heterocycles. The fourth-order valence-corrected chi connectivity index (χ4v) is 1.11. The van der Waals surface area contributed by atoms with Crippen LogP contribution in [-0.4, -0.2) is 34.7 Å². The molecule has 0 spiro atoms. The van der Waals surface area contributed by atoms with Crippen LogP contribution < -0.4 is 11.1 Å². The number of carbonyl (C=O) groups excluding carboxylic acids is 1. The molecule has 1 aromatic carbocycles. The molecule has 0 bridgehead atoms. The van der Waals surface area contributed by atoms with Crippen LogP contribution in [-0.2, 0) is 4.79 Å². The van der Waals surface area contributed by atoms with Crippen LogP contribution in [0.1, 0.15) is 10.4 Å². The molecule has 17 heavy (non-hydrogen) atoms. The standard InChI is InChI=1S/C10H11FN2O4/c11-6-3-1-2-5(8(6)12)9(15)13-4-7(14)10(16)17/h1-3,7,14H,4,12H2,(H,13,15)(H,16,17). The summed E-state index contributed by atoms with van der Waals surface area (Å²) >= 11 is 0. The molecular formula is C10H11FN2O4. The van der Waals surface area contributed by atoms with Gasteiger partial charge in [-0.2, -0.15) is 0 Å². The minimum Gasteiger partial charge on any atom is -0.479 e. The average molecular weight is 242 g/mol. The number of anilines is 1. The number of rotatable bonds is 4. The highest BCUT2D eigenvalue weighted by atomic mass is 19.1. The smallest absolute Gasteiger partial charge is 0.334 e. The lowest BCUT2D eigenvalue weighted by atomic mass is 10.1. The Morgan fingerprint density at radius 3 is 2.71 bits per heavy atom. The van der Waals surface area contributed by atoms with Crippen LogP contribution >= 0.6 is 0 Å². The maximum absolute atomic E-state index is 13.0. The van der Waals surface area contributed by atoms with Crippen LogP contribution in [0.2, 0.25) is 0 Å². The highest BCUT2D eigenvalue weighted by Gasteiger charge is 2.17. The number of halogens is 1. The maximum atomic E-state index is 13.0. The van der Waals surface area contributed by atoms with E-state index in [1.165, 1.54) is 12.1 Å². The van der Waals surface area contributed by atoms with Gasteiger partial charge in [-0.15, -0.1) is 0 Å². The Balaban J connectivity index is 2.71. The molecule has 0 aliphatic rings. The second-order valence-corrected chi connectivity index (χ2v) is 3.27. The fourth-order valence-electron chi connectivity index (χ4n) is 1.11. The zero-order valence-electron chi connectivity index (χ0n) is 8.68. The highest BCUT2D eigenvalue weighted by Crippen LogP contribution is 2.15. The zero-order chi connectivity index (χ0) is 13.0. The first-order chi connectivity index (χ1) is 7.93. The number of amides is 1. The van der Waals surface area contributed by atoms with Crippen LogP contribution in [0.5, 0.6) is 0 Å². The molecule has 0 aliphatic heterocycles. The fraction of sp³-hybridized carbons (Fsp3) is 0.200. The molecule has 6 nitrogen and oxygen atoms in total. The number of para-hydroxylation sites is 1. The summed E-state index contributed by atoms with van der Waals surface area (Å²) in [6.45, 7) is -0.482. The van der Waals surface area contributed by atoms with Gasteiger partial charge < -0.3 is 21.3 Å². The number of carbonyl (C=O) groups is 2. The number of aliphatic hydroxyl groups excluding tert-OH is 1. The van der Waals surface area contributed by atoms with E-state index in [9.17, 15) is 14.0 Å². The summed E-state index contributed by atoms with van der Waals surface area (Å²) in [5.74, 6) is -2.95. The number of nitrogens with one attached hydrogen (secondary N) is 1. The van der Waals surface area contributed by atoms with Gasteiger partial charge in [0, 0.05) is 0 Å². The number of benzene rings is 1. The van der Waals surface area contributed by atoms with Gasteiger partial charge in [-0.1, -0.05) is 6.07 Å². The lowest BCUT2D eigenvalue weighted by Crippen LogP contribution is -2.36. The third kappa shape index (κ3) is 3.15. The molecule has 1 amide bonds. The molecule has 0 saturated carbocycles. The van der Waals surface area contributed by atoms with Crippen molar-refractivity contribution in [2.75, 3.05) is 12.3 Å². The largest absolute Gasteiger partial charge is 0.479 e. The Labute approximate surface area is 95.9 Å². The van der Waals surface area contributed by atoms with Crippen molar-refractivity contribution in [1.29, 1.82) is 0 Å². The van der Waals surface area contributed by atoms with Gasteiger partial charge in [0.05, 0.1) is 17.8 Å². The van der Waals surface area contributed by atoms with Crippen molar-refractivity contribution in [3.63, 3.8) is 0 Å². The van der Waals surface area contributed by atoms with E-state index < -0.39 is 30.3 Å². The van der Waals surface area contributed by atoms with Gasteiger partial charge >= 0.3 is 5.97 Å². The molecule has 0 heterocycles. The second-order valence-electron chi connectivity index (χ2n) is 3.27. The topological polar surface area (TPSA) is 113 Å². The minimum atomic E-state index is -1.71. The van der Waals surface area contributed by atoms with E-state index in [0.29, 0.717) is 0 Å². The molecule has 1 unspecified atom stereocenters. The molecule has 0 aromatic heterocycles. The summed E-state index contributed by atoms with van der Waals surface area (Å²) in [6.07, 6.45) is -1.71. The van der Waals surface area contributed by atoms with Crippen LogP contribution in [0.3, 0.4) is 0 Å². The first-order valence-corrected chi connectivity index (χ1v) is 4.66. The van der Waals surface area contributed by atoms with E-state index in [-0.39, 0.29) is 11.3 Å². The van der Waals surface area contributed by atoms with Crippen LogP contribution in [0.25, 0.3) is 0 Å². The second kappa shape index (κ2) is 5.26. The Morgan fingerprint density at radius 1 is 1.47 bits per heavy atom. The molecule has 1 aromatic rings. The molecule has 5 N–H and O–H groups in total. The van der Waals surface area contributed by atoms with Crippen molar-refractivity contribution in [1.82, 2.24) is 5.32 Å². The molecule has 0 radical (unpaired) electrons. The SMILES string of the molecule is Nc1c(F)cccc1C(=O)NCC(O)C(=O)O. The summed E-state index contributed by atoms with van der Waals surface area (Å²) in [7, 11) is 0. The Morgan fingerprint density at radius 2 is 2.12 bits per heavy atom. The normalized spacial score (nSPS) is 11.9. The predicted octanol–water partition coefficient (Wildman–Crippen LogP) is -0.417. The number of hydrogen-bond acceptors (Lipinski definition) is 4. The van der Waals surface area contributed by atoms with Gasteiger partial charge in [-0.05, 0) is 12.1 Å². The number of nitrogens with two attached hydrogens (primary N) is 1. The number of aliphatic carboxylic acids is 1. The lowest BCUT2D eigenvalue weighted by molar-refractivity contribution is -0.146. The molecule has 1 atom stereocenters. The van der Waals surface area contributed by atoms with Crippen LogP contribution in [0, 0.1) is 5.82 Å². The average Bonchev–Trinajstić information content (AvgIpc) is 2.29. The first-order valence-electron chi connectivity index (χ1n) is 4.66. The van der Waals surface area contributed by atoms with Gasteiger partial charge in [0.2, 0.25) is 0 Å². The summed E-state index contributed by atoms with van der Waals surface area (Å²) in [5, 5.41) is 19.4. The molecule has 0 fully saturated rings. The van der Waals surface area contributed by atoms with Crippen LogP contribution in [0.15, 0.2) is 18.2 Å². The molecule has 92 valence electrons. The molecule has 7 heteroatoms. The third-order valence-electron chi connectivity index (χ3n) is 2.04. The molecular weight excluding hydrogens is 231 g/mol. The third-order valence-corrected chi connectivity index (χ3v) is 2.04. The van der Waals surface area contributed by atoms with Gasteiger partial charge in [0.15, 0.2) is 6.10 Å². The van der Waals surface area contributed by atoms with Crippen molar-refractivity contribution in [2.24, 2.45) is 0 Å². The van der Waals surface area contributed by atoms with Crippen molar-refractivity contribution in [2.45, 2.75) is 6.10 Å². The first kappa shape index (κ1) is 12.9. The van der Waals surface area contributed by atoms with E-state index in [2.05, 4.69) is 5.32 Å². The van der Waals surface area contributed by atoms with Gasteiger partial charge in [0.25, 0.3) is 5.91 Å². The maximum Gasteiger partial charge on any atom is 0.334 e. The number of carboxylic acids is 1. The van der Waals surface area contributed by atoms with E-state index in [4.69, 9.17) is 15.9 Å². The summed E-state index contributed by atoms with van der Waals surface area (Å²) in [6, 6.07) is 3.69.